The molecule has 138 valence electrons. The molecule has 0 radical (unpaired) electrons. The lowest BCUT2D eigenvalue weighted by molar-refractivity contribution is 0.218. The van der Waals surface area contributed by atoms with E-state index in [1.165, 1.54) is 19.3 Å². The maximum absolute atomic E-state index is 10.2. The molecule has 3 rings (SSSR count). The van der Waals surface area contributed by atoms with E-state index in [0.717, 1.165) is 47.9 Å². The topological polar surface area (TPSA) is 73.6 Å². The van der Waals surface area contributed by atoms with Crippen LogP contribution in [0.4, 0.5) is 5.95 Å². The number of phenolic OH excluding ortho intramolecular Hbond substituents is 1. The van der Waals surface area contributed by atoms with E-state index in [-0.39, 0.29) is 0 Å². The summed E-state index contributed by atoms with van der Waals surface area (Å²) in [6, 6.07) is 7.58. The molecule has 0 amide bonds. The number of nitrogens with one attached hydrogen (secondary N) is 1. The largest absolute Gasteiger partial charge is 0.508 e. The van der Waals surface area contributed by atoms with Crippen LogP contribution in [-0.2, 0) is 6.54 Å². The molecule has 1 saturated heterocycles. The predicted molar refractivity (Wildman–Crippen MR) is 105 cm³/mol. The lowest BCUT2D eigenvalue weighted by Gasteiger charge is -2.26. The summed E-state index contributed by atoms with van der Waals surface area (Å²) in [5, 5.41) is 14.6. The molecule has 1 aliphatic heterocycles. The number of anilines is 1. The molecule has 0 bridgehead atoms. The minimum absolute atomic E-state index is 0.345. The van der Waals surface area contributed by atoms with Crippen molar-refractivity contribution < 1.29 is 5.11 Å². The van der Waals surface area contributed by atoms with Gasteiger partial charge in [0.15, 0.2) is 0 Å². The summed E-state index contributed by atoms with van der Waals surface area (Å²) < 4.78 is 0. The van der Waals surface area contributed by atoms with E-state index in [9.17, 15) is 5.11 Å². The third kappa shape index (κ3) is 4.79. The second kappa shape index (κ2) is 8.27. The summed E-state index contributed by atoms with van der Waals surface area (Å²) >= 11 is 0. The average molecular weight is 353 g/mol. The maximum atomic E-state index is 10.2. The van der Waals surface area contributed by atoms with E-state index in [4.69, 9.17) is 0 Å². The van der Waals surface area contributed by atoms with Crippen LogP contribution in [0.2, 0.25) is 0 Å². The van der Waals surface area contributed by atoms with E-state index in [2.05, 4.69) is 25.4 Å². The fourth-order valence-corrected chi connectivity index (χ4v) is 3.27. The smallest absolute Gasteiger partial charge is 0.243 e. The molecule has 1 aromatic heterocycles. The van der Waals surface area contributed by atoms with Crippen LogP contribution >= 0.6 is 0 Å². The van der Waals surface area contributed by atoms with Crippen molar-refractivity contribution in [1.29, 1.82) is 0 Å². The average Bonchev–Trinajstić information content (AvgIpc) is 2.61. The van der Waals surface area contributed by atoms with E-state index >= 15 is 0 Å². The molecule has 0 atom stereocenters. The lowest BCUT2D eigenvalue weighted by Crippen LogP contribution is -2.29. The second-order valence-corrected chi connectivity index (χ2v) is 6.96. The van der Waals surface area contributed by atoms with E-state index in [1.54, 1.807) is 6.07 Å². The zero-order valence-electron chi connectivity index (χ0n) is 15.8. The Morgan fingerprint density at radius 3 is 2.50 bits per heavy atom. The van der Waals surface area contributed by atoms with Crippen molar-refractivity contribution in [3.05, 3.63) is 46.8 Å². The van der Waals surface area contributed by atoms with E-state index in [0.29, 0.717) is 11.7 Å². The SMILES string of the molecule is C/C(=N/Nc1nc(C)cc(C)n1)c1ccc(O)c(CN2CCCCC2)c1. The summed E-state index contributed by atoms with van der Waals surface area (Å²) in [4.78, 5) is 11.1. The molecule has 1 aliphatic rings. The number of hydrazone groups is 1. The summed E-state index contributed by atoms with van der Waals surface area (Å²) in [6.07, 6.45) is 3.78. The number of phenols is 1. The number of piperidine rings is 1. The molecule has 2 aromatic rings. The Morgan fingerprint density at radius 1 is 1.12 bits per heavy atom. The Morgan fingerprint density at radius 2 is 1.81 bits per heavy atom. The van der Waals surface area contributed by atoms with Gasteiger partial charge < -0.3 is 5.11 Å². The van der Waals surface area contributed by atoms with Gasteiger partial charge in [-0.05, 0) is 76.5 Å². The zero-order valence-corrected chi connectivity index (χ0v) is 15.8. The van der Waals surface area contributed by atoms with Crippen molar-refractivity contribution in [1.82, 2.24) is 14.9 Å². The number of aryl methyl sites for hydroxylation is 2. The second-order valence-electron chi connectivity index (χ2n) is 6.96. The molecule has 2 N–H and O–H groups in total. The zero-order chi connectivity index (χ0) is 18.5. The van der Waals surface area contributed by atoms with Crippen LogP contribution in [0, 0.1) is 13.8 Å². The highest BCUT2D eigenvalue weighted by atomic mass is 16.3. The van der Waals surface area contributed by atoms with Gasteiger partial charge in [-0.25, -0.2) is 15.4 Å². The molecule has 1 aromatic carbocycles. The number of aromatic hydroxyl groups is 1. The first kappa shape index (κ1) is 18.3. The van der Waals surface area contributed by atoms with Gasteiger partial charge in [0.1, 0.15) is 5.75 Å². The molecule has 0 aliphatic carbocycles. The van der Waals surface area contributed by atoms with Gasteiger partial charge in [0, 0.05) is 23.5 Å². The van der Waals surface area contributed by atoms with Crippen LogP contribution in [0.15, 0.2) is 29.4 Å². The molecular formula is C20H27N5O. The van der Waals surface area contributed by atoms with Gasteiger partial charge in [0.05, 0.1) is 5.71 Å². The van der Waals surface area contributed by atoms with Gasteiger partial charge in [0.25, 0.3) is 0 Å². The van der Waals surface area contributed by atoms with Crippen LogP contribution < -0.4 is 5.43 Å². The molecule has 0 saturated carbocycles. The first-order chi connectivity index (χ1) is 12.5. The maximum Gasteiger partial charge on any atom is 0.243 e. The Kier molecular flexibility index (Phi) is 5.83. The standard InChI is InChI=1S/C20H27N5O/c1-14-11-15(2)22-20(21-14)24-23-16(3)17-7-8-19(26)18(12-17)13-25-9-5-4-6-10-25/h7-8,11-12,26H,4-6,9-10,13H2,1-3H3,(H,21,22,24)/b23-16-. The van der Waals surface area contributed by atoms with Crippen LogP contribution in [0.5, 0.6) is 5.75 Å². The van der Waals surface area contributed by atoms with Crippen molar-refractivity contribution in [2.45, 2.75) is 46.6 Å². The fourth-order valence-electron chi connectivity index (χ4n) is 3.27. The van der Waals surface area contributed by atoms with Crippen molar-refractivity contribution in [3.8, 4) is 5.75 Å². The summed E-state index contributed by atoms with van der Waals surface area (Å²) in [5.41, 5.74) is 7.49. The fraction of sp³-hybridized carbons (Fsp3) is 0.450. The van der Waals surface area contributed by atoms with Gasteiger partial charge >= 0.3 is 0 Å². The number of likely N-dealkylation sites (tertiary alicyclic amines) is 1. The van der Waals surface area contributed by atoms with Crippen LogP contribution in [0.25, 0.3) is 0 Å². The Hall–Kier alpha value is -2.47. The van der Waals surface area contributed by atoms with Gasteiger partial charge in [-0.2, -0.15) is 5.10 Å². The monoisotopic (exact) mass is 353 g/mol. The van der Waals surface area contributed by atoms with Crippen molar-refractivity contribution in [2.24, 2.45) is 5.10 Å². The Balaban J connectivity index is 1.73. The molecule has 6 nitrogen and oxygen atoms in total. The molecular weight excluding hydrogens is 326 g/mol. The number of rotatable bonds is 5. The highest BCUT2D eigenvalue weighted by molar-refractivity contribution is 5.99. The molecule has 0 spiro atoms. The highest BCUT2D eigenvalue weighted by Crippen LogP contribution is 2.22. The van der Waals surface area contributed by atoms with Gasteiger partial charge in [-0.15, -0.1) is 0 Å². The number of nitrogens with zero attached hydrogens (tertiary/aromatic N) is 4. The molecule has 2 heterocycles. The van der Waals surface area contributed by atoms with Gasteiger partial charge in [-0.3, -0.25) is 4.90 Å². The molecule has 26 heavy (non-hydrogen) atoms. The third-order valence-electron chi connectivity index (χ3n) is 4.65. The molecule has 6 heteroatoms. The highest BCUT2D eigenvalue weighted by Gasteiger charge is 2.13. The summed E-state index contributed by atoms with van der Waals surface area (Å²) in [7, 11) is 0. The van der Waals surface area contributed by atoms with Crippen molar-refractivity contribution in [2.75, 3.05) is 18.5 Å². The molecule has 0 unspecified atom stereocenters. The Labute approximate surface area is 155 Å². The minimum atomic E-state index is 0.345. The van der Waals surface area contributed by atoms with Crippen molar-refractivity contribution in [3.63, 3.8) is 0 Å². The predicted octanol–water partition coefficient (Wildman–Crippen LogP) is 3.62. The number of hydrogen-bond acceptors (Lipinski definition) is 6. The number of benzene rings is 1. The van der Waals surface area contributed by atoms with Crippen LogP contribution in [0.1, 0.15) is 48.7 Å². The number of hydrogen-bond donors (Lipinski definition) is 2. The normalized spacial score (nSPS) is 15.9. The quantitative estimate of drug-likeness (QED) is 0.634. The lowest BCUT2D eigenvalue weighted by atomic mass is 10.0. The van der Waals surface area contributed by atoms with E-state index < -0.39 is 0 Å². The van der Waals surface area contributed by atoms with Crippen LogP contribution in [-0.4, -0.2) is 38.8 Å². The summed E-state index contributed by atoms with van der Waals surface area (Å²) in [5.74, 6) is 0.840. The third-order valence-corrected chi connectivity index (χ3v) is 4.65. The number of aromatic nitrogens is 2. The summed E-state index contributed by atoms with van der Waals surface area (Å²) in [6.45, 7) is 8.78. The Bertz CT molecular complexity index is 777. The van der Waals surface area contributed by atoms with Gasteiger partial charge in [-0.1, -0.05) is 6.42 Å². The first-order valence-electron chi connectivity index (χ1n) is 9.18. The van der Waals surface area contributed by atoms with E-state index in [1.807, 2.05) is 39.0 Å². The molecule has 1 fully saturated rings. The van der Waals surface area contributed by atoms with Crippen molar-refractivity contribution >= 4 is 11.7 Å². The minimum Gasteiger partial charge on any atom is -0.508 e. The van der Waals surface area contributed by atoms with Crippen LogP contribution in [0.3, 0.4) is 0 Å². The first-order valence-corrected chi connectivity index (χ1v) is 9.18. The van der Waals surface area contributed by atoms with Gasteiger partial charge in [0.2, 0.25) is 5.95 Å².